The monoisotopic (exact) mass is 370 g/mol. The third-order valence-electron chi connectivity index (χ3n) is 4.18. The van der Waals surface area contributed by atoms with Gasteiger partial charge in [0.25, 0.3) is 0 Å². The van der Waals surface area contributed by atoms with Gasteiger partial charge in [-0.1, -0.05) is 6.42 Å². The van der Waals surface area contributed by atoms with Gasteiger partial charge >= 0.3 is 12.1 Å². The highest BCUT2D eigenvalue weighted by Crippen LogP contribution is 2.20. The number of esters is 1. The van der Waals surface area contributed by atoms with E-state index in [0.29, 0.717) is 38.6 Å². The Bertz CT molecular complexity index is 465. The maximum Gasteiger partial charge on any atom is 0.410 e. The summed E-state index contributed by atoms with van der Waals surface area (Å²) in [5, 5.41) is 2.73. The van der Waals surface area contributed by atoms with Crippen LogP contribution in [-0.4, -0.2) is 54.7 Å². The lowest BCUT2D eigenvalue weighted by molar-refractivity contribution is -0.145. The lowest BCUT2D eigenvalue weighted by atomic mass is 9.98. The second kappa shape index (κ2) is 11.0. The lowest BCUT2D eigenvalue weighted by Gasteiger charge is -2.33. The first-order valence-electron chi connectivity index (χ1n) is 9.55. The van der Waals surface area contributed by atoms with Crippen molar-refractivity contribution in [2.45, 2.75) is 71.8 Å². The number of hydrogen-bond donors (Lipinski definition) is 1. The van der Waals surface area contributed by atoms with Gasteiger partial charge in [0.1, 0.15) is 5.60 Å². The molecule has 0 radical (unpaired) electrons. The van der Waals surface area contributed by atoms with E-state index < -0.39 is 5.60 Å². The number of rotatable bonds is 8. The molecule has 0 atom stereocenters. The number of hydrogen-bond acceptors (Lipinski definition) is 5. The summed E-state index contributed by atoms with van der Waals surface area (Å²) in [5.41, 5.74) is -0.481. The van der Waals surface area contributed by atoms with Crippen molar-refractivity contribution in [2.75, 3.05) is 26.2 Å². The normalized spacial score (nSPS) is 15.5. The van der Waals surface area contributed by atoms with Crippen LogP contribution in [0.5, 0.6) is 0 Å². The Balaban J connectivity index is 2.09. The summed E-state index contributed by atoms with van der Waals surface area (Å²) in [5.74, 6) is 0.110. The zero-order chi connectivity index (χ0) is 19.6. The third-order valence-corrected chi connectivity index (χ3v) is 4.18. The first kappa shape index (κ1) is 22.3. The van der Waals surface area contributed by atoms with Crippen molar-refractivity contribution in [2.24, 2.45) is 5.92 Å². The molecule has 0 spiro atoms. The smallest absolute Gasteiger partial charge is 0.410 e. The summed E-state index contributed by atoms with van der Waals surface area (Å²) in [7, 11) is 0. The number of nitrogens with one attached hydrogen (secondary N) is 1. The number of unbranched alkanes of at least 4 members (excludes halogenated alkanes) is 2. The molecule has 7 heteroatoms. The van der Waals surface area contributed by atoms with Gasteiger partial charge < -0.3 is 19.7 Å². The van der Waals surface area contributed by atoms with E-state index in [1.54, 1.807) is 4.90 Å². The fourth-order valence-electron chi connectivity index (χ4n) is 2.73. The third kappa shape index (κ3) is 10.3. The van der Waals surface area contributed by atoms with Crippen molar-refractivity contribution >= 4 is 18.0 Å². The molecule has 0 unspecified atom stereocenters. The molecule has 0 aromatic carbocycles. The van der Waals surface area contributed by atoms with Gasteiger partial charge in [-0.25, -0.2) is 4.79 Å². The standard InChI is InChI=1S/C19H34N2O5/c1-15(22)20-11-7-5-6-8-17(23)25-14-16-9-12-21(13-10-16)18(24)26-19(2,3)4/h16H,5-14H2,1-4H3,(H,20,22). The largest absolute Gasteiger partial charge is 0.465 e. The topological polar surface area (TPSA) is 84.9 Å². The van der Waals surface area contributed by atoms with Crippen molar-refractivity contribution in [1.29, 1.82) is 0 Å². The SMILES string of the molecule is CC(=O)NCCCCCC(=O)OCC1CCN(C(=O)OC(C)(C)C)CC1. The highest BCUT2D eigenvalue weighted by atomic mass is 16.6. The van der Waals surface area contributed by atoms with E-state index in [1.165, 1.54) is 6.92 Å². The van der Waals surface area contributed by atoms with E-state index >= 15 is 0 Å². The molecule has 1 heterocycles. The van der Waals surface area contributed by atoms with Crippen molar-refractivity contribution in [3.63, 3.8) is 0 Å². The summed E-state index contributed by atoms with van der Waals surface area (Å²) < 4.78 is 10.7. The van der Waals surface area contributed by atoms with Crippen LogP contribution in [0.25, 0.3) is 0 Å². The van der Waals surface area contributed by atoms with Gasteiger partial charge in [-0.3, -0.25) is 9.59 Å². The minimum atomic E-state index is -0.481. The molecule has 0 aromatic rings. The van der Waals surface area contributed by atoms with Crippen LogP contribution in [0.2, 0.25) is 0 Å². The molecule has 150 valence electrons. The first-order chi connectivity index (χ1) is 12.2. The summed E-state index contributed by atoms with van der Waals surface area (Å²) in [6.07, 6.45) is 4.32. The molecule has 1 fully saturated rings. The molecule has 7 nitrogen and oxygen atoms in total. The molecule has 0 aromatic heterocycles. The van der Waals surface area contributed by atoms with Gasteiger partial charge in [-0.05, 0) is 52.4 Å². The molecule has 1 aliphatic rings. The quantitative estimate of drug-likeness (QED) is 0.524. The minimum Gasteiger partial charge on any atom is -0.465 e. The Kier molecular flexibility index (Phi) is 9.44. The second-order valence-electron chi connectivity index (χ2n) is 7.89. The molecule has 1 N–H and O–H groups in total. The number of carbonyl (C=O) groups excluding carboxylic acids is 3. The van der Waals surface area contributed by atoms with Crippen LogP contribution in [0.15, 0.2) is 0 Å². The molecule has 1 aliphatic heterocycles. The molecule has 26 heavy (non-hydrogen) atoms. The van der Waals surface area contributed by atoms with E-state index in [9.17, 15) is 14.4 Å². The van der Waals surface area contributed by atoms with Crippen molar-refractivity contribution in [3.05, 3.63) is 0 Å². The Labute approximate surface area is 156 Å². The van der Waals surface area contributed by atoms with Crippen molar-refractivity contribution < 1.29 is 23.9 Å². The Morgan fingerprint density at radius 3 is 2.31 bits per heavy atom. The van der Waals surface area contributed by atoms with Crippen LogP contribution in [-0.2, 0) is 19.1 Å². The van der Waals surface area contributed by atoms with Gasteiger partial charge in [-0.2, -0.15) is 0 Å². The fraction of sp³-hybridized carbons (Fsp3) is 0.842. The van der Waals surface area contributed by atoms with Gasteiger partial charge in [0, 0.05) is 33.0 Å². The van der Waals surface area contributed by atoms with Crippen molar-refractivity contribution in [1.82, 2.24) is 10.2 Å². The van der Waals surface area contributed by atoms with Crippen LogP contribution in [0.1, 0.15) is 66.2 Å². The average molecular weight is 370 g/mol. The molecule has 1 saturated heterocycles. The van der Waals surface area contributed by atoms with Crippen LogP contribution in [0, 0.1) is 5.92 Å². The zero-order valence-corrected chi connectivity index (χ0v) is 16.6. The van der Waals surface area contributed by atoms with Crippen LogP contribution in [0.3, 0.4) is 0 Å². The number of piperidine rings is 1. The average Bonchev–Trinajstić information content (AvgIpc) is 2.54. The second-order valence-corrected chi connectivity index (χ2v) is 7.89. The van der Waals surface area contributed by atoms with E-state index in [2.05, 4.69) is 5.32 Å². The number of carbonyl (C=O) groups is 3. The summed E-state index contributed by atoms with van der Waals surface area (Å²) >= 11 is 0. The summed E-state index contributed by atoms with van der Waals surface area (Å²) in [4.78, 5) is 36.2. The van der Waals surface area contributed by atoms with Crippen molar-refractivity contribution in [3.8, 4) is 0 Å². The van der Waals surface area contributed by atoms with E-state index in [0.717, 1.165) is 32.1 Å². The molecule has 0 aliphatic carbocycles. The molecule has 0 saturated carbocycles. The fourth-order valence-corrected chi connectivity index (χ4v) is 2.73. The van der Waals surface area contributed by atoms with Gasteiger partial charge in [0.05, 0.1) is 6.61 Å². The Hall–Kier alpha value is -1.79. The maximum atomic E-state index is 12.0. The van der Waals surface area contributed by atoms with Crippen LogP contribution in [0.4, 0.5) is 4.79 Å². The van der Waals surface area contributed by atoms with E-state index in [1.807, 2.05) is 20.8 Å². The minimum absolute atomic E-state index is 0.0258. The predicted octanol–water partition coefficient (Wildman–Crippen LogP) is 2.87. The highest BCUT2D eigenvalue weighted by molar-refractivity contribution is 5.72. The van der Waals surface area contributed by atoms with Gasteiger partial charge in [0.2, 0.25) is 5.91 Å². The Morgan fingerprint density at radius 2 is 1.73 bits per heavy atom. The van der Waals surface area contributed by atoms with E-state index in [-0.39, 0.29) is 18.0 Å². The number of likely N-dealkylation sites (tertiary alicyclic amines) is 1. The zero-order valence-electron chi connectivity index (χ0n) is 16.6. The number of nitrogens with zero attached hydrogens (tertiary/aromatic N) is 1. The van der Waals surface area contributed by atoms with Gasteiger partial charge in [0.15, 0.2) is 0 Å². The molecular weight excluding hydrogens is 336 g/mol. The maximum absolute atomic E-state index is 12.0. The van der Waals surface area contributed by atoms with Gasteiger partial charge in [-0.15, -0.1) is 0 Å². The molecule has 1 rings (SSSR count). The molecule has 0 bridgehead atoms. The number of amides is 2. The first-order valence-corrected chi connectivity index (χ1v) is 9.55. The van der Waals surface area contributed by atoms with E-state index in [4.69, 9.17) is 9.47 Å². The predicted molar refractivity (Wildman–Crippen MR) is 98.6 cm³/mol. The van der Waals surface area contributed by atoms with Crippen LogP contribution >= 0.6 is 0 Å². The number of ether oxygens (including phenoxy) is 2. The van der Waals surface area contributed by atoms with Crippen LogP contribution < -0.4 is 5.32 Å². The molecule has 2 amide bonds. The molecular formula is C19H34N2O5. The lowest BCUT2D eigenvalue weighted by Crippen LogP contribution is -2.42. The summed E-state index contributed by atoms with van der Waals surface area (Å²) in [6.45, 7) is 9.42. The highest BCUT2D eigenvalue weighted by Gasteiger charge is 2.27. The summed E-state index contributed by atoms with van der Waals surface area (Å²) in [6, 6.07) is 0. The Morgan fingerprint density at radius 1 is 1.08 bits per heavy atom.